The zero-order valence-electron chi connectivity index (χ0n) is 17.7. The van der Waals surface area contributed by atoms with E-state index in [-0.39, 0.29) is 23.9 Å². The first kappa shape index (κ1) is 21.0. The summed E-state index contributed by atoms with van der Waals surface area (Å²) in [7, 11) is 0. The van der Waals surface area contributed by atoms with Gasteiger partial charge in [-0.1, -0.05) is 48.0 Å². The summed E-state index contributed by atoms with van der Waals surface area (Å²) in [4.78, 5) is 32.3. The Bertz CT molecular complexity index is 1340. The zero-order chi connectivity index (χ0) is 22.1. The minimum absolute atomic E-state index is 0.0299. The highest BCUT2D eigenvalue weighted by molar-refractivity contribution is 7.99. The molecule has 2 aromatic heterocycles. The van der Waals surface area contributed by atoms with Gasteiger partial charge >= 0.3 is 0 Å². The molecule has 32 heavy (non-hydrogen) atoms. The van der Waals surface area contributed by atoms with E-state index in [1.165, 1.54) is 27.4 Å². The average molecular weight is 462 g/mol. The molecule has 162 valence electrons. The molecule has 1 aliphatic rings. The van der Waals surface area contributed by atoms with Crippen molar-refractivity contribution in [2.24, 2.45) is 0 Å². The Morgan fingerprint density at radius 3 is 2.84 bits per heavy atom. The first-order chi connectivity index (χ1) is 15.6. The number of nitrogens with one attached hydrogen (secondary N) is 1. The van der Waals surface area contributed by atoms with E-state index in [1.54, 1.807) is 10.9 Å². The lowest BCUT2D eigenvalue weighted by Gasteiger charge is -2.25. The Morgan fingerprint density at radius 1 is 1.19 bits per heavy atom. The molecule has 0 saturated heterocycles. The van der Waals surface area contributed by atoms with Crippen LogP contribution in [0.15, 0.2) is 69.9 Å². The number of hydrogen-bond acceptors (Lipinski definition) is 5. The molecule has 0 aliphatic carbocycles. The highest BCUT2D eigenvalue weighted by Crippen LogP contribution is 2.36. The molecule has 4 aromatic rings. The van der Waals surface area contributed by atoms with E-state index in [0.29, 0.717) is 11.9 Å². The van der Waals surface area contributed by atoms with Crippen LogP contribution in [-0.4, -0.2) is 21.2 Å². The smallest absolute Gasteiger partial charge is 0.262 e. The van der Waals surface area contributed by atoms with Gasteiger partial charge in [-0.25, -0.2) is 4.98 Å². The topological polar surface area (TPSA) is 64.0 Å². The highest BCUT2D eigenvalue weighted by atomic mass is 32.2. The van der Waals surface area contributed by atoms with Gasteiger partial charge in [-0.3, -0.25) is 14.2 Å². The second-order valence-corrected chi connectivity index (χ2v) is 9.98. The monoisotopic (exact) mass is 461 g/mol. The van der Waals surface area contributed by atoms with Gasteiger partial charge < -0.3 is 5.32 Å². The van der Waals surface area contributed by atoms with Gasteiger partial charge in [-0.15, -0.1) is 23.1 Å². The van der Waals surface area contributed by atoms with E-state index >= 15 is 0 Å². The van der Waals surface area contributed by atoms with E-state index < -0.39 is 0 Å². The van der Waals surface area contributed by atoms with Gasteiger partial charge in [0.05, 0.1) is 17.8 Å². The molecule has 0 fully saturated rings. The predicted octanol–water partition coefficient (Wildman–Crippen LogP) is 5.18. The third-order valence-electron chi connectivity index (χ3n) is 5.80. The number of rotatable bonds is 5. The summed E-state index contributed by atoms with van der Waals surface area (Å²) in [6, 6.07) is 16.4. The number of carbonyl (C=O) groups excluding carboxylic acids is 1. The lowest BCUT2D eigenvalue weighted by Crippen LogP contribution is -2.32. The van der Waals surface area contributed by atoms with Crippen LogP contribution in [0.1, 0.15) is 30.0 Å². The fraction of sp³-hybridized carbons (Fsp3) is 0.240. The maximum Gasteiger partial charge on any atom is 0.262 e. The van der Waals surface area contributed by atoms with Gasteiger partial charge in [-0.05, 0) is 30.5 Å². The van der Waals surface area contributed by atoms with Gasteiger partial charge in [0.1, 0.15) is 4.83 Å². The van der Waals surface area contributed by atoms with Gasteiger partial charge in [0.2, 0.25) is 5.91 Å². The molecular formula is C25H23N3O2S2. The van der Waals surface area contributed by atoms with Crippen molar-refractivity contribution in [3.8, 4) is 11.1 Å². The summed E-state index contributed by atoms with van der Waals surface area (Å²) >= 11 is 3.30. The summed E-state index contributed by atoms with van der Waals surface area (Å²) in [5.41, 5.74) is 4.16. The Hall–Kier alpha value is -2.90. The molecule has 1 aliphatic heterocycles. The van der Waals surface area contributed by atoms with Crippen molar-refractivity contribution in [2.75, 3.05) is 5.75 Å². The van der Waals surface area contributed by atoms with Crippen LogP contribution in [0.2, 0.25) is 0 Å². The molecular weight excluding hydrogens is 438 g/mol. The fourth-order valence-corrected chi connectivity index (χ4v) is 6.08. The first-order valence-electron chi connectivity index (χ1n) is 10.6. The van der Waals surface area contributed by atoms with Crippen molar-refractivity contribution in [1.29, 1.82) is 0 Å². The molecule has 1 unspecified atom stereocenters. The first-order valence-corrected chi connectivity index (χ1v) is 12.5. The maximum absolute atomic E-state index is 13.2. The highest BCUT2D eigenvalue weighted by Gasteiger charge is 2.22. The summed E-state index contributed by atoms with van der Waals surface area (Å²) in [5, 5.41) is 5.76. The number of hydrogen-bond donors (Lipinski definition) is 1. The van der Waals surface area contributed by atoms with Crippen LogP contribution in [0.25, 0.3) is 21.3 Å². The second kappa shape index (κ2) is 8.92. The third-order valence-corrected chi connectivity index (χ3v) is 7.81. The van der Waals surface area contributed by atoms with Crippen LogP contribution in [-0.2, 0) is 11.3 Å². The summed E-state index contributed by atoms with van der Waals surface area (Å²) in [6.07, 6.45) is 2.71. The molecule has 5 nitrogen and oxygen atoms in total. The molecule has 1 N–H and O–H groups in total. The van der Waals surface area contributed by atoms with Gasteiger partial charge in [-0.2, -0.15) is 0 Å². The van der Waals surface area contributed by atoms with Crippen molar-refractivity contribution < 1.29 is 4.79 Å². The van der Waals surface area contributed by atoms with Crippen LogP contribution in [0, 0.1) is 6.92 Å². The fourth-order valence-electron chi connectivity index (χ4n) is 4.05. The third kappa shape index (κ3) is 4.10. The largest absolute Gasteiger partial charge is 0.349 e. The predicted molar refractivity (Wildman–Crippen MR) is 131 cm³/mol. The van der Waals surface area contributed by atoms with Crippen LogP contribution < -0.4 is 10.9 Å². The number of nitrogens with zero attached hydrogens (tertiary/aromatic N) is 2. The Balaban J connectivity index is 1.33. The summed E-state index contributed by atoms with van der Waals surface area (Å²) in [6.45, 7) is 2.35. The minimum atomic E-state index is -0.0981. The van der Waals surface area contributed by atoms with E-state index in [1.807, 2.05) is 60.5 Å². The number of fused-ring (bicyclic) bond motifs is 2. The van der Waals surface area contributed by atoms with Crippen molar-refractivity contribution >= 4 is 39.2 Å². The second-order valence-electron chi connectivity index (χ2n) is 7.98. The molecule has 7 heteroatoms. The number of thioether (sulfide) groups is 1. The quantitative estimate of drug-likeness (QED) is 0.445. The van der Waals surface area contributed by atoms with E-state index in [2.05, 4.69) is 22.4 Å². The van der Waals surface area contributed by atoms with Crippen LogP contribution >= 0.6 is 23.1 Å². The molecule has 1 atom stereocenters. The molecule has 0 spiro atoms. The van der Waals surface area contributed by atoms with Gasteiger partial charge in [0, 0.05) is 34.6 Å². The molecule has 0 saturated carbocycles. The van der Waals surface area contributed by atoms with Gasteiger partial charge in [0.15, 0.2) is 0 Å². The van der Waals surface area contributed by atoms with Crippen molar-refractivity contribution in [2.45, 2.75) is 37.2 Å². The normalized spacial score (nSPS) is 15.5. The molecule has 3 heterocycles. The molecule has 5 rings (SSSR count). The number of aromatic nitrogens is 2. The lowest BCUT2D eigenvalue weighted by atomic mass is 10.0. The number of amides is 1. The van der Waals surface area contributed by atoms with Crippen molar-refractivity contribution in [1.82, 2.24) is 14.9 Å². The molecule has 0 radical (unpaired) electrons. The SMILES string of the molecule is Cc1ccc(-c2csc3ncn(CCC(=O)NC4CCSc5ccccc54)c(=O)c23)cc1. The Kier molecular flexibility index (Phi) is 5.85. The maximum atomic E-state index is 13.2. The Morgan fingerprint density at radius 2 is 2.00 bits per heavy atom. The van der Waals surface area contributed by atoms with Crippen molar-refractivity contribution in [3.05, 3.63) is 81.7 Å². The van der Waals surface area contributed by atoms with E-state index in [4.69, 9.17) is 0 Å². The lowest BCUT2D eigenvalue weighted by molar-refractivity contribution is -0.122. The van der Waals surface area contributed by atoms with Crippen LogP contribution in [0.3, 0.4) is 0 Å². The minimum Gasteiger partial charge on any atom is -0.349 e. The number of aryl methyl sites for hydroxylation is 2. The Labute approximate surface area is 194 Å². The molecule has 2 aromatic carbocycles. The zero-order valence-corrected chi connectivity index (χ0v) is 19.3. The van der Waals surface area contributed by atoms with Crippen molar-refractivity contribution in [3.63, 3.8) is 0 Å². The standard InChI is InChI=1S/C25H23N3O2S2/c1-16-6-8-17(9-7-16)19-14-32-24-23(19)25(30)28(15-26-24)12-10-22(29)27-20-11-13-31-21-5-3-2-4-18(20)21/h2-9,14-15,20H,10-13H2,1H3,(H,27,29). The van der Waals surface area contributed by atoms with Crippen LogP contribution in [0.5, 0.6) is 0 Å². The molecule has 0 bridgehead atoms. The number of benzene rings is 2. The van der Waals surface area contributed by atoms with Gasteiger partial charge in [0.25, 0.3) is 5.56 Å². The summed E-state index contributed by atoms with van der Waals surface area (Å²) in [5.74, 6) is 0.940. The van der Waals surface area contributed by atoms with E-state index in [9.17, 15) is 9.59 Å². The average Bonchev–Trinajstić information content (AvgIpc) is 3.24. The van der Waals surface area contributed by atoms with E-state index in [0.717, 1.165) is 28.1 Å². The number of carbonyl (C=O) groups is 1. The number of thiophene rings is 1. The molecule has 1 amide bonds. The van der Waals surface area contributed by atoms with Crippen LogP contribution in [0.4, 0.5) is 0 Å². The summed E-state index contributed by atoms with van der Waals surface area (Å²) < 4.78 is 1.55.